The van der Waals surface area contributed by atoms with Gasteiger partial charge in [0.05, 0.1) is 11.0 Å². The minimum atomic E-state index is -0.217. The van der Waals surface area contributed by atoms with E-state index in [2.05, 4.69) is 36.4 Å². The molecule has 0 saturated heterocycles. The predicted octanol–water partition coefficient (Wildman–Crippen LogP) is 6.49. The molecule has 0 aliphatic carbocycles. The Morgan fingerprint density at radius 2 is 1.07 bits per heavy atom. The normalized spacial score (nSPS) is 11.4. The van der Waals surface area contributed by atoms with E-state index in [1.807, 2.05) is 48.5 Å². The summed E-state index contributed by atoms with van der Waals surface area (Å²) < 4.78 is 13.5. The molecular weight excluding hydrogens is 371 g/mol. The molecule has 0 aliphatic rings. The van der Waals surface area contributed by atoms with E-state index in [1.165, 1.54) is 12.1 Å². The van der Waals surface area contributed by atoms with Crippen LogP contribution in [0.3, 0.4) is 0 Å². The summed E-state index contributed by atoms with van der Waals surface area (Å²) >= 11 is 0. The highest BCUT2D eigenvalue weighted by Crippen LogP contribution is 2.26. The summed E-state index contributed by atoms with van der Waals surface area (Å²) in [6, 6.07) is 31.5. The van der Waals surface area contributed by atoms with Crippen molar-refractivity contribution in [3.8, 4) is 0 Å². The van der Waals surface area contributed by atoms with Crippen molar-refractivity contribution in [3.05, 3.63) is 120 Å². The van der Waals surface area contributed by atoms with E-state index in [4.69, 9.17) is 9.97 Å². The van der Waals surface area contributed by atoms with Gasteiger partial charge < -0.3 is 0 Å². The SMILES string of the molecule is Fc1ccc(C(Cc2ccc3ccccc3n2)Cc2ccc3ccccc3n2)cc1. The summed E-state index contributed by atoms with van der Waals surface area (Å²) in [5.74, 6) is -0.0573. The first kappa shape index (κ1) is 18.4. The third-order valence-corrected chi connectivity index (χ3v) is 5.56. The maximum atomic E-state index is 13.5. The van der Waals surface area contributed by atoms with Crippen LogP contribution in [0.15, 0.2) is 97.1 Å². The minimum absolute atomic E-state index is 0.160. The molecule has 2 aromatic heterocycles. The van der Waals surface area contributed by atoms with Gasteiger partial charge in [0.1, 0.15) is 5.82 Å². The van der Waals surface area contributed by atoms with Crippen LogP contribution in [-0.4, -0.2) is 9.97 Å². The average Bonchev–Trinajstić information content (AvgIpc) is 2.79. The number of para-hydroxylation sites is 2. The fourth-order valence-electron chi connectivity index (χ4n) is 3.99. The van der Waals surface area contributed by atoms with Crippen LogP contribution in [0.25, 0.3) is 21.8 Å². The Balaban J connectivity index is 1.49. The lowest BCUT2D eigenvalue weighted by Gasteiger charge is -2.18. The molecule has 146 valence electrons. The number of pyridine rings is 2. The topological polar surface area (TPSA) is 25.8 Å². The third kappa shape index (κ3) is 3.92. The van der Waals surface area contributed by atoms with E-state index in [0.29, 0.717) is 0 Å². The van der Waals surface area contributed by atoms with E-state index < -0.39 is 0 Å². The van der Waals surface area contributed by atoms with Gasteiger partial charge in [0.2, 0.25) is 0 Å². The van der Waals surface area contributed by atoms with Gasteiger partial charge in [0, 0.05) is 22.2 Å². The summed E-state index contributed by atoms with van der Waals surface area (Å²) in [5, 5.41) is 2.27. The molecular formula is C27H21FN2. The monoisotopic (exact) mass is 392 g/mol. The zero-order chi connectivity index (χ0) is 20.3. The molecule has 0 saturated carbocycles. The third-order valence-electron chi connectivity index (χ3n) is 5.56. The molecule has 0 atom stereocenters. The van der Waals surface area contributed by atoms with Crippen LogP contribution >= 0.6 is 0 Å². The fraction of sp³-hybridized carbons (Fsp3) is 0.111. The van der Waals surface area contributed by atoms with Crippen LogP contribution in [0.4, 0.5) is 4.39 Å². The van der Waals surface area contributed by atoms with Crippen molar-refractivity contribution in [2.45, 2.75) is 18.8 Å². The molecule has 0 unspecified atom stereocenters. The maximum Gasteiger partial charge on any atom is 0.123 e. The highest BCUT2D eigenvalue weighted by atomic mass is 19.1. The van der Waals surface area contributed by atoms with Crippen molar-refractivity contribution >= 4 is 21.8 Å². The summed E-state index contributed by atoms with van der Waals surface area (Å²) in [6.07, 6.45) is 1.54. The predicted molar refractivity (Wildman–Crippen MR) is 120 cm³/mol. The lowest BCUT2D eigenvalue weighted by Crippen LogP contribution is -2.09. The number of halogens is 1. The van der Waals surface area contributed by atoms with Gasteiger partial charge in [0.15, 0.2) is 0 Å². The van der Waals surface area contributed by atoms with Gasteiger partial charge in [-0.3, -0.25) is 9.97 Å². The van der Waals surface area contributed by atoms with Gasteiger partial charge >= 0.3 is 0 Å². The number of benzene rings is 3. The molecule has 0 N–H and O–H groups in total. The number of fused-ring (bicyclic) bond motifs is 2. The number of nitrogens with zero attached hydrogens (tertiary/aromatic N) is 2. The van der Waals surface area contributed by atoms with Crippen LogP contribution in [0.5, 0.6) is 0 Å². The van der Waals surface area contributed by atoms with Crippen molar-refractivity contribution in [2.24, 2.45) is 0 Å². The summed E-state index contributed by atoms with van der Waals surface area (Å²) in [5.41, 5.74) is 5.15. The van der Waals surface area contributed by atoms with Gasteiger partial charge in [-0.25, -0.2) is 4.39 Å². The average molecular weight is 392 g/mol. The van der Waals surface area contributed by atoms with Gasteiger partial charge in [-0.15, -0.1) is 0 Å². The Bertz CT molecular complexity index is 1230. The second-order valence-corrected chi connectivity index (χ2v) is 7.65. The highest BCUT2D eigenvalue weighted by Gasteiger charge is 2.16. The molecule has 30 heavy (non-hydrogen) atoms. The van der Waals surface area contributed by atoms with Crippen LogP contribution in [0.2, 0.25) is 0 Å². The zero-order valence-electron chi connectivity index (χ0n) is 16.5. The van der Waals surface area contributed by atoms with E-state index in [-0.39, 0.29) is 11.7 Å². The molecule has 0 bridgehead atoms. The zero-order valence-corrected chi connectivity index (χ0v) is 16.5. The molecule has 0 radical (unpaired) electrons. The number of hydrogen-bond donors (Lipinski definition) is 0. The van der Waals surface area contributed by atoms with E-state index in [0.717, 1.165) is 51.6 Å². The largest absolute Gasteiger partial charge is 0.253 e. The first-order valence-electron chi connectivity index (χ1n) is 10.2. The molecule has 0 fully saturated rings. The van der Waals surface area contributed by atoms with E-state index in [9.17, 15) is 4.39 Å². The Morgan fingerprint density at radius 1 is 0.567 bits per heavy atom. The van der Waals surface area contributed by atoms with E-state index in [1.54, 1.807) is 0 Å². The van der Waals surface area contributed by atoms with Crippen LogP contribution in [-0.2, 0) is 12.8 Å². The summed E-state index contributed by atoms with van der Waals surface area (Å²) in [6.45, 7) is 0. The maximum absolute atomic E-state index is 13.5. The number of rotatable bonds is 5. The quantitative estimate of drug-likeness (QED) is 0.342. The smallest absolute Gasteiger partial charge is 0.123 e. The van der Waals surface area contributed by atoms with Crippen LogP contribution < -0.4 is 0 Å². The minimum Gasteiger partial charge on any atom is -0.253 e. The molecule has 5 rings (SSSR count). The highest BCUT2D eigenvalue weighted by molar-refractivity contribution is 5.79. The van der Waals surface area contributed by atoms with Crippen molar-refractivity contribution in [2.75, 3.05) is 0 Å². The molecule has 0 aliphatic heterocycles. The van der Waals surface area contributed by atoms with Crippen molar-refractivity contribution in [3.63, 3.8) is 0 Å². The van der Waals surface area contributed by atoms with Gasteiger partial charge in [-0.05, 0) is 60.7 Å². The van der Waals surface area contributed by atoms with Gasteiger partial charge in [-0.2, -0.15) is 0 Å². The lowest BCUT2D eigenvalue weighted by molar-refractivity contribution is 0.620. The lowest BCUT2D eigenvalue weighted by atomic mass is 9.89. The molecule has 0 amide bonds. The first-order chi connectivity index (χ1) is 14.7. The Morgan fingerprint density at radius 3 is 1.60 bits per heavy atom. The summed E-state index contributed by atoms with van der Waals surface area (Å²) in [7, 11) is 0. The first-order valence-corrected chi connectivity index (χ1v) is 10.2. The summed E-state index contributed by atoms with van der Waals surface area (Å²) in [4.78, 5) is 9.71. The van der Waals surface area contributed by atoms with Crippen LogP contribution in [0.1, 0.15) is 22.9 Å². The van der Waals surface area contributed by atoms with Gasteiger partial charge in [-0.1, -0.05) is 60.7 Å². The fourth-order valence-corrected chi connectivity index (χ4v) is 3.99. The van der Waals surface area contributed by atoms with Crippen molar-refractivity contribution < 1.29 is 4.39 Å². The Hall–Kier alpha value is -3.59. The van der Waals surface area contributed by atoms with Crippen molar-refractivity contribution in [1.29, 1.82) is 0 Å². The molecule has 5 aromatic rings. The molecule has 2 nitrogen and oxygen atoms in total. The molecule has 2 heterocycles. The van der Waals surface area contributed by atoms with Crippen molar-refractivity contribution in [1.82, 2.24) is 9.97 Å². The molecule has 3 heteroatoms. The second-order valence-electron chi connectivity index (χ2n) is 7.65. The number of hydrogen-bond acceptors (Lipinski definition) is 2. The second kappa shape index (κ2) is 8.03. The Kier molecular flexibility index (Phi) is 4.94. The number of aromatic nitrogens is 2. The Labute approximate surface area is 175 Å². The van der Waals surface area contributed by atoms with Crippen LogP contribution in [0, 0.1) is 5.82 Å². The standard InChI is InChI=1S/C27H21FN2/c28-23-13-9-19(10-14-23)22(17-24-15-11-20-5-1-3-7-26(20)29-24)18-25-16-12-21-6-2-4-8-27(21)30-25/h1-16,22H,17-18H2. The molecule has 0 spiro atoms. The molecule has 3 aromatic carbocycles. The van der Waals surface area contributed by atoms with Gasteiger partial charge in [0.25, 0.3) is 0 Å². The van der Waals surface area contributed by atoms with E-state index >= 15 is 0 Å².